The fourth-order valence-corrected chi connectivity index (χ4v) is 3.47. The minimum atomic E-state index is -1.16. The van der Waals surface area contributed by atoms with Gasteiger partial charge in [-0.1, -0.05) is 12.1 Å². The van der Waals surface area contributed by atoms with E-state index in [1.807, 2.05) is 0 Å². The molecule has 7 nitrogen and oxygen atoms in total. The molecule has 156 valence electrons. The summed E-state index contributed by atoms with van der Waals surface area (Å²) >= 11 is 1.33. The number of amides is 2. The first kappa shape index (κ1) is 20.3. The summed E-state index contributed by atoms with van der Waals surface area (Å²) in [4.78, 5) is 28.8. The zero-order valence-corrected chi connectivity index (χ0v) is 16.3. The molecule has 2 heterocycles. The highest BCUT2D eigenvalue weighted by Crippen LogP contribution is 2.26. The van der Waals surface area contributed by atoms with Gasteiger partial charge in [0.15, 0.2) is 5.82 Å². The number of carbonyl (C=O) groups excluding carboxylic acids is 2. The van der Waals surface area contributed by atoms with Crippen LogP contribution in [0.1, 0.15) is 21.0 Å². The van der Waals surface area contributed by atoms with E-state index in [2.05, 4.69) is 15.4 Å². The van der Waals surface area contributed by atoms with Crippen molar-refractivity contribution in [3.8, 4) is 16.4 Å². The van der Waals surface area contributed by atoms with Gasteiger partial charge in [-0.2, -0.15) is 0 Å². The van der Waals surface area contributed by atoms with Crippen molar-refractivity contribution in [3.05, 3.63) is 82.8 Å². The second-order valence-corrected chi connectivity index (χ2v) is 7.21. The van der Waals surface area contributed by atoms with E-state index in [0.717, 1.165) is 6.07 Å². The molecule has 0 atom stereocenters. The molecular weight excluding hydrogens is 431 g/mol. The van der Waals surface area contributed by atoms with Gasteiger partial charge in [0.05, 0.1) is 21.8 Å². The molecule has 31 heavy (non-hydrogen) atoms. The Morgan fingerprint density at radius 1 is 1.03 bits per heavy atom. The average Bonchev–Trinajstić information content (AvgIpc) is 3.39. The number of nitrogens with two attached hydrogens (primary N) is 1. The van der Waals surface area contributed by atoms with E-state index >= 15 is 0 Å². The van der Waals surface area contributed by atoms with Gasteiger partial charge in [-0.15, -0.1) is 16.4 Å². The van der Waals surface area contributed by atoms with Gasteiger partial charge in [0, 0.05) is 6.07 Å². The molecular formula is C20H12F3N5O2S. The largest absolute Gasteiger partial charge is 0.366 e. The molecule has 11 heteroatoms. The number of anilines is 1. The summed E-state index contributed by atoms with van der Waals surface area (Å²) in [6.45, 7) is 0. The van der Waals surface area contributed by atoms with E-state index in [-0.39, 0.29) is 11.6 Å². The van der Waals surface area contributed by atoms with Crippen LogP contribution >= 0.6 is 11.3 Å². The third-order valence-corrected chi connectivity index (χ3v) is 5.04. The van der Waals surface area contributed by atoms with Gasteiger partial charge < -0.3 is 11.1 Å². The Morgan fingerprint density at radius 3 is 2.52 bits per heavy atom. The maximum Gasteiger partial charge on any atom is 0.295 e. The second-order valence-electron chi connectivity index (χ2n) is 6.26. The predicted molar refractivity (Wildman–Crippen MR) is 107 cm³/mol. The second kappa shape index (κ2) is 8.03. The number of halogens is 3. The maximum absolute atomic E-state index is 14.1. The highest BCUT2D eigenvalue weighted by atomic mass is 32.1. The van der Waals surface area contributed by atoms with Crippen LogP contribution in [-0.4, -0.2) is 26.6 Å². The number of primary amides is 1. The van der Waals surface area contributed by atoms with Crippen LogP contribution in [0.2, 0.25) is 0 Å². The lowest BCUT2D eigenvalue weighted by molar-refractivity contribution is 0.0991. The Hall–Kier alpha value is -3.99. The molecule has 0 saturated heterocycles. The molecule has 0 aliphatic rings. The highest BCUT2D eigenvalue weighted by molar-refractivity contribution is 7.13. The Balaban J connectivity index is 1.74. The van der Waals surface area contributed by atoms with Gasteiger partial charge in [0.25, 0.3) is 11.8 Å². The highest BCUT2D eigenvalue weighted by Gasteiger charge is 2.22. The topological polar surface area (TPSA) is 103 Å². The lowest BCUT2D eigenvalue weighted by Gasteiger charge is -2.07. The average molecular weight is 443 g/mol. The summed E-state index contributed by atoms with van der Waals surface area (Å²) in [5.41, 5.74) is 4.32. The van der Waals surface area contributed by atoms with E-state index in [0.29, 0.717) is 16.6 Å². The van der Waals surface area contributed by atoms with E-state index in [4.69, 9.17) is 5.73 Å². The Kier molecular flexibility index (Phi) is 5.26. The Morgan fingerprint density at radius 2 is 1.84 bits per heavy atom. The summed E-state index contributed by atoms with van der Waals surface area (Å²) in [7, 11) is 0. The number of carbonyl (C=O) groups is 2. The molecule has 0 radical (unpaired) electrons. The summed E-state index contributed by atoms with van der Waals surface area (Å²) < 4.78 is 42.7. The number of nitrogens with one attached hydrogen (secondary N) is 1. The zero-order valence-electron chi connectivity index (χ0n) is 15.5. The SMILES string of the molecule is NC(=O)c1cc(NC(=O)c2nc(-c3cccs3)n(-c3cccc(F)c3)n2)c(F)cc1F. The van der Waals surface area contributed by atoms with Crippen LogP contribution in [0.3, 0.4) is 0 Å². The number of hydrogen-bond acceptors (Lipinski definition) is 5. The number of benzene rings is 2. The van der Waals surface area contributed by atoms with E-state index < -0.39 is 40.5 Å². The van der Waals surface area contributed by atoms with E-state index in [1.54, 1.807) is 23.6 Å². The lowest BCUT2D eigenvalue weighted by atomic mass is 10.1. The van der Waals surface area contributed by atoms with Gasteiger partial charge in [-0.3, -0.25) is 9.59 Å². The molecule has 2 aromatic carbocycles. The molecule has 0 unspecified atom stereocenters. The number of aromatic nitrogens is 3. The van der Waals surface area contributed by atoms with Crippen LogP contribution in [0.4, 0.5) is 18.9 Å². The van der Waals surface area contributed by atoms with E-state index in [1.165, 1.54) is 34.2 Å². The Labute approximate surface area is 177 Å². The normalized spacial score (nSPS) is 10.8. The van der Waals surface area contributed by atoms with Crippen molar-refractivity contribution in [1.82, 2.24) is 14.8 Å². The van der Waals surface area contributed by atoms with Crippen molar-refractivity contribution in [1.29, 1.82) is 0 Å². The van der Waals surface area contributed by atoms with Gasteiger partial charge in [-0.05, 0) is 35.7 Å². The third kappa shape index (κ3) is 4.03. The first-order valence-electron chi connectivity index (χ1n) is 8.70. The monoisotopic (exact) mass is 443 g/mol. The lowest BCUT2D eigenvalue weighted by Crippen LogP contribution is -2.18. The van der Waals surface area contributed by atoms with Gasteiger partial charge in [0.2, 0.25) is 5.82 Å². The van der Waals surface area contributed by atoms with Crippen molar-refractivity contribution in [2.75, 3.05) is 5.32 Å². The zero-order chi connectivity index (χ0) is 22.1. The smallest absolute Gasteiger partial charge is 0.295 e. The summed E-state index contributed by atoms with van der Waals surface area (Å²) in [6.07, 6.45) is 0. The van der Waals surface area contributed by atoms with Crippen LogP contribution in [0.25, 0.3) is 16.4 Å². The van der Waals surface area contributed by atoms with Crippen molar-refractivity contribution in [3.63, 3.8) is 0 Å². The molecule has 0 aliphatic carbocycles. The molecule has 0 spiro atoms. The standard InChI is InChI=1S/C20H12F3N5O2S/c21-10-3-1-4-11(7-10)28-19(16-5-2-6-31-16)26-18(27-28)20(30)25-15-8-12(17(24)29)13(22)9-14(15)23/h1-9H,(H2,24,29)(H,25,30). The molecule has 2 aromatic heterocycles. The molecule has 0 fully saturated rings. The van der Waals surface area contributed by atoms with Gasteiger partial charge in [-0.25, -0.2) is 22.8 Å². The minimum Gasteiger partial charge on any atom is -0.366 e. The van der Waals surface area contributed by atoms with Crippen LogP contribution in [0.5, 0.6) is 0 Å². The van der Waals surface area contributed by atoms with Crippen molar-refractivity contribution < 1.29 is 22.8 Å². The fourth-order valence-electron chi connectivity index (χ4n) is 2.77. The first-order valence-corrected chi connectivity index (χ1v) is 9.58. The van der Waals surface area contributed by atoms with Crippen LogP contribution < -0.4 is 11.1 Å². The van der Waals surface area contributed by atoms with Crippen LogP contribution in [-0.2, 0) is 0 Å². The quantitative estimate of drug-likeness (QED) is 0.490. The van der Waals surface area contributed by atoms with Crippen molar-refractivity contribution in [2.24, 2.45) is 5.73 Å². The first-order chi connectivity index (χ1) is 14.8. The summed E-state index contributed by atoms with van der Waals surface area (Å²) in [5.74, 6) is -4.91. The number of hydrogen-bond donors (Lipinski definition) is 2. The molecule has 0 saturated carbocycles. The summed E-state index contributed by atoms with van der Waals surface area (Å²) in [5, 5.41) is 8.11. The minimum absolute atomic E-state index is 0.267. The number of thiophene rings is 1. The van der Waals surface area contributed by atoms with Gasteiger partial charge in [0.1, 0.15) is 17.5 Å². The molecule has 0 aliphatic heterocycles. The van der Waals surface area contributed by atoms with Crippen LogP contribution in [0, 0.1) is 17.5 Å². The molecule has 4 aromatic rings. The maximum atomic E-state index is 14.1. The van der Waals surface area contributed by atoms with Gasteiger partial charge >= 0.3 is 0 Å². The molecule has 4 rings (SSSR count). The molecule has 0 bridgehead atoms. The van der Waals surface area contributed by atoms with Crippen LogP contribution in [0.15, 0.2) is 53.9 Å². The number of rotatable bonds is 5. The predicted octanol–water partition coefficient (Wildman–Crippen LogP) is 3.76. The van der Waals surface area contributed by atoms with Crippen molar-refractivity contribution >= 4 is 28.8 Å². The van der Waals surface area contributed by atoms with Crippen molar-refractivity contribution in [2.45, 2.75) is 0 Å². The molecule has 3 N–H and O–H groups in total. The number of nitrogens with zero attached hydrogens (tertiary/aromatic N) is 3. The molecule has 2 amide bonds. The summed E-state index contributed by atoms with van der Waals surface area (Å²) in [6, 6.07) is 10.3. The Bertz CT molecular complexity index is 1300. The third-order valence-electron chi connectivity index (χ3n) is 4.17. The van der Waals surface area contributed by atoms with E-state index in [9.17, 15) is 22.8 Å². The fraction of sp³-hybridized carbons (Fsp3) is 0.